The fourth-order valence-corrected chi connectivity index (χ4v) is 3.37. The Hall–Kier alpha value is -2.80. The van der Waals surface area contributed by atoms with Gasteiger partial charge in [-0.1, -0.05) is 12.1 Å². The molecule has 0 aliphatic carbocycles. The molecule has 142 valence electrons. The molecule has 0 aliphatic heterocycles. The van der Waals surface area contributed by atoms with Gasteiger partial charge in [-0.15, -0.1) is 0 Å². The van der Waals surface area contributed by atoms with E-state index in [2.05, 4.69) is 5.32 Å². The lowest BCUT2D eigenvalue weighted by Gasteiger charge is -2.11. The van der Waals surface area contributed by atoms with Gasteiger partial charge in [0.1, 0.15) is 5.76 Å². The van der Waals surface area contributed by atoms with Crippen molar-refractivity contribution in [1.29, 1.82) is 0 Å². The number of furan rings is 1. The molecule has 3 rings (SSSR count). The minimum absolute atomic E-state index is 0.174. The molecule has 1 N–H and O–H groups in total. The Bertz CT molecular complexity index is 1070. The van der Waals surface area contributed by atoms with Crippen LogP contribution in [-0.2, 0) is 9.84 Å². The molecule has 27 heavy (non-hydrogen) atoms. The first-order valence-electron chi connectivity index (χ1n) is 8.56. The van der Waals surface area contributed by atoms with E-state index in [1.54, 1.807) is 0 Å². The van der Waals surface area contributed by atoms with E-state index in [0.717, 1.165) is 11.6 Å². The van der Waals surface area contributed by atoms with Gasteiger partial charge < -0.3 is 14.5 Å². The average Bonchev–Trinajstić information content (AvgIpc) is 3.07. The largest absolute Gasteiger partial charge is 0.490 e. The third-order valence-corrected chi connectivity index (χ3v) is 5.27. The lowest BCUT2D eigenvalue weighted by atomic mass is 10.1. The van der Waals surface area contributed by atoms with Crippen LogP contribution in [0.4, 0.5) is 0 Å². The number of hydrogen-bond acceptors (Lipinski definition) is 5. The monoisotopic (exact) mass is 387 g/mol. The van der Waals surface area contributed by atoms with E-state index in [1.807, 2.05) is 38.1 Å². The maximum Gasteiger partial charge on any atom is 0.251 e. The molecule has 0 spiro atoms. The molecule has 1 unspecified atom stereocenters. The first-order chi connectivity index (χ1) is 12.8. The summed E-state index contributed by atoms with van der Waals surface area (Å²) in [7, 11) is -3.29. The molecule has 0 bridgehead atoms. The first-order valence-corrected chi connectivity index (χ1v) is 10.4. The van der Waals surface area contributed by atoms with Crippen molar-refractivity contribution in [2.45, 2.75) is 24.8 Å². The lowest BCUT2D eigenvalue weighted by molar-refractivity contribution is 0.0935. The van der Waals surface area contributed by atoms with Crippen LogP contribution in [0.3, 0.4) is 0 Å². The standard InChI is InChI=1S/C20H21NO5S/c1-4-25-17-7-5-6-15-12-18(26-19(15)17)13(2)21-20(22)14-8-10-16(11-9-14)27(3,23)24/h5-13H,4H2,1-3H3,(H,21,22). The number of sulfone groups is 1. The van der Waals surface area contributed by atoms with Crippen molar-refractivity contribution in [2.24, 2.45) is 0 Å². The maximum atomic E-state index is 12.4. The zero-order valence-electron chi connectivity index (χ0n) is 15.4. The van der Waals surface area contributed by atoms with E-state index in [9.17, 15) is 13.2 Å². The van der Waals surface area contributed by atoms with Crippen molar-refractivity contribution < 1.29 is 22.4 Å². The quantitative estimate of drug-likeness (QED) is 0.697. The third kappa shape index (κ3) is 4.14. The van der Waals surface area contributed by atoms with Crippen LogP contribution in [-0.4, -0.2) is 27.2 Å². The Labute approximate surface area is 158 Å². The molecular weight excluding hydrogens is 366 g/mol. The van der Waals surface area contributed by atoms with Gasteiger partial charge in [0.15, 0.2) is 21.2 Å². The van der Waals surface area contributed by atoms with Crippen molar-refractivity contribution in [3.63, 3.8) is 0 Å². The highest BCUT2D eigenvalue weighted by atomic mass is 32.2. The molecule has 6 nitrogen and oxygen atoms in total. The van der Waals surface area contributed by atoms with Gasteiger partial charge in [0.25, 0.3) is 5.91 Å². The van der Waals surface area contributed by atoms with Crippen molar-refractivity contribution in [3.05, 3.63) is 59.9 Å². The first kappa shape index (κ1) is 19.0. The van der Waals surface area contributed by atoms with E-state index in [-0.39, 0.29) is 16.8 Å². The maximum absolute atomic E-state index is 12.4. The number of fused-ring (bicyclic) bond motifs is 1. The van der Waals surface area contributed by atoms with E-state index >= 15 is 0 Å². The summed E-state index contributed by atoms with van der Waals surface area (Å²) in [5, 5.41) is 3.76. The molecule has 1 heterocycles. The summed E-state index contributed by atoms with van der Waals surface area (Å²) >= 11 is 0. The number of carbonyl (C=O) groups is 1. The lowest BCUT2D eigenvalue weighted by Crippen LogP contribution is -2.26. The van der Waals surface area contributed by atoms with Crippen molar-refractivity contribution in [1.82, 2.24) is 5.32 Å². The number of ether oxygens (including phenoxy) is 1. The normalized spacial score (nSPS) is 12.7. The van der Waals surface area contributed by atoms with Gasteiger partial charge in [-0.3, -0.25) is 4.79 Å². The van der Waals surface area contributed by atoms with E-state index in [4.69, 9.17) is 9.15 Å². The highest BCUT2D eigenvalue weighted by molar-refractivity contribution is 7.90. The van der Waals surface area contributed by atoms with Crippen LogP contribution in [0.15, 0.2) is 57.8 Å². The second-order valence-electron chi connectivity index (χ2n) is 6.25. The summed E-state index contributed by atoms with van der Waals surface area (Å²) in [6.45, 7) is 4.26. The summed E-state index contributed by atoms with van der Waals surface area (Å²) in [6, 6.07) is 13.0. The Morgan fingerprint density at radius 1 is 1.19 bits per heavy atom. The number of amides is 1. The second kappa shape index (κ2) is 7.44. The van der Waals surface area contributed by atoms with Gasteiger partial charge in [-0.2, -0.15) is 0 Å². The molecule has 2 aromatic carbocycles. The van der Waals surface area contributed by atoms with Crippen LogP contribution < -0.4 is 10.1 Å². The fourth-order valence-electron chi connectivity index (χ4n) is 2.74. The number of rotatable bonds is 6. The minimum atomic E-state index is -3.29. The van der Waals surface area contributed by atoms with Gasteiger partial charge in [0, 0.05) is 17.2 Å². The van der Waals surface area contributed by atoms with Crippen molar-refractivity contribution >= 4 is 26.7 Å². The smallest absolute Gasteiger partial charge is 0.251 e. The Morgan fingerprint density at radius 3 is 2.52 bits per heavy atom. The molecule has 0 fully saturated rings. The third-order valence-electron chi connectivity index (χ3n) is 4.15. The number of hydrogen-bond donors (Lipinski definition) is 1. The Kier molecular flexibility index (Phi) is 5.23. The second-order valence-corrected chi connectivity index (χ2v) is 8.26. The van der Waals surface area contributed by atoms with Gasteiger partial charge in [-0.05, 0) is 50.2 Å². The van der Waals surface area contributed by atoms with E-state index in [0.29, 0.717) is 29.3 Å². The summed E-state index contributed by atoms with van der Waals surface area (Å²) in [5.74, 6) is 0.961. The van der Waals surface area contributed by atoms with Gasteiger partial charge in [0.05, 0.1) is 17.5 Å². The Morgan fingerprint density at radius 2 is 1.89 bits per heavy atom. The van der Waals surface area contributed by atoms with Crippen molar-refractivity contribution in [3.8, 4) is 5.75 Å². The minimum Gasteiger partial charge on any atom is -0.490 e. The topological polar surface area (TPSA) is 85.6 Å². The van der Waals surface area contributed by atoms with Crippen LogP contribution in [0, 0.1) is 0 Å². The van der Waals surface area contributed by atoms with Crippen LogP contribution in [0.25, 0.3) is 11.0 Å². The van der Waals surface area contributed by atoms with E-state index in [1.165, 1.54) is 24.3 Å². The highest BCUT2D eigenvalue weighted by Gasteiger charge is 2.17. The molecule has 1 aromatic heterocycles. The molecule has 3 aromatic rings. The Balaban J connectivity index is 1.78. The molecular formula is C20H21NO5S. The summed E-state index contributed by atoms with van der Waals surface area (Å²) < 4.78 is 34.5. The number of carbonyl (C=O) groups excluding carboxylic acids is 1. The molecule has 7 heteroatoms. The number of benzene rings is 2. The van der Waals surface area contributed by atoms with Crippen LogP contribution in [0.1, 0.15) is 36.0 Å². The van der Waals surface area contributed by atoms with Crippen LogP contribution in [0.5, 0.6) is 5.75 Å². The zero-order chi connectivity index (χ0) is 19.6. The van der Waals surface area contributed by atoms with Crippen LogP contribution in [0.2, 0.25) is 0 Å². The van der Waals surface area contributed by atoms with Crippen molar-refractivity contribution in [2.75, 3.05) is 12.9 Å². The predicted molar refractivity (Wildman–Crippen MR) is 103 cm³/mol. The predicted octanol–water partition coefficient (Wildman–Crippen LogP) is 3.73. The van der Waals surface area contributed by atoms with E-state index < -0.39 is 9.84 Å². The molecule has 1 atom stereocenters. The molecule has 1 amide bonds. The summed E-state index contributed by atoms with van der Waals surface area (Å²) in [6.07, 6.45) is 1.13. The molecule has 0 radical (unpaired) electrons. The summed E-state index contributed by atoms with van der Waals surface area (Å²) in [5.41, 5.74) is 1.02. The van der Waals surface area contributed by atoms with Gasteiger partial charge >= 0.3 is 0 Å². The van der Waals surface area contributed by atoms with Gasteiger partial charge in [-0.25, -0.2) is 8.42 Å². The van der Waals surface area contributed by atoms with Gasteiger partial charge in [0.2, 0.25) is 0 Å². The zero-order valence-corrected chi connectivity index (χ0v) is 16.2. The number of nitrogens with one attached hydrogen (secondary N) is 1. The molecule has 0 aliphatic rings. The molecule has 0 saturated heterocycles. The highest BCUT2D eigenvalue weighted by Crippen LogP contribution is 2.31. The number of para-hydroxylation sites is 1. The average molecular weight is 387 g/mol. The van der Waals surface area contributed by atoms with Crippen LogP contribution >= 0.6 is 0 Å². The summed E-state index contributed by atoms with van der Waals surface area (Å²) in [4.78, 5) is 12.6. The fraction of sp³-hybridized carbons (Fsp3) is 0.250. The SMILES string of the molecule is CCOc1cccc2cc(C(C)NC(=O)c3ccc(S(C)(=O)=O)cc3)oc12. The molecule has 0 saturated carbocycles.